The van der Waals surface area contributed by atoms with Gasteiger partial charge >= 0.3 is 0 Å². The summed E-state index contributed by atoms with van der Waals surface area (Å²) in [5.74, 6) is 2.63. The molecule has 0 radical (unpaired) electrons. The van der Waals surface area contributed by atoms with E-state index in [4.69, 9.17) is 5.41 Å². The highest BCUT2D eigenvalue weighted by atomic mass is 32.2. The molecular formula is C8H13N2S2+. The smallest absolute Gasteiger partial charge is 0.155 e. The van der Waals surface area contributed by atoms with E-state index in [1.54, 1.807) is 11.8 Å². The first-order valence-electron chi connectivity index (χ1n) is 3.91. The summed E-state index contributed by atoms with van der Waals surface area (Å²) in [5.41, 5.74) is 0. The second kappa shape index (κ2) is 5.46. The molecule has 0 unspecified atom stereocenters. The van der Waals surface area contributed by atoms with Crippen molar-refractivity contribution in [3.05, 3.63) is 10.4 Å². The molecule has 0 aromatic heterocycles. The Balaban J connectivity index is 2.55. The Morgan fingerprint density at radius 1 is 1.58 bits per heavy atom. The van der Waals surface area contributed by atoms with Gasteiger partial charge in [-0.15, -0.1) is 11.8 Å². The predicted octanol–water partition coefficient (Wildman–Crippen LogP) is 2.31. The largest absolute Gasteiger partial charge is 0.241 e. The molecule has 0 aliphatic carbocycles. The number of nitrogens with zero attached hydrogens (tertiary/aromatic N) is 1. The molecule has 0 spiro atoms. The fourth-order valence-corrected chi connectivity index (χ4v) is 3.97. The molecule has 1 N–H and O–H groups in total. The Morgan fingerprint density at radius 2 is 2.25 bits per heavy atom. The molecule has 0 saturated carbocycles. The van der Waals surface area contributed by atoms with Gasteiger partial charge in [-0.1, -0.05) is 0 Å². The molecule has 0 aromatic carbocycles. The van der Waals surface area contributed by atoms with Gasteiger partial charge in [-0.25, -0.2) is 5.41 Å². The van der Waals surface area contributed by atoms with Crippen molar-refractivity contribution in [3.8, 4) is 0 Å². The molecule has 2 nitrogen and oxygen atoms in total. The summed E-state index contributed by atoms with van der Waals surface area (Å²) in [5, 5.41) is 9.90. The fraction of sp³-hybridized carbons (Fsp3) is 0.625. The van der Waals surface area contributed by atoms with Crippen LogP contribution in [0.3, 0.4) is 0 Å². The maximum Gasteiger partial charge on any atom is 0.155 e. The Kier molecular flexibility index (Phi) is 4.51. The van der Waals surface area contributed by atoms with E-state index in [1.165, 1.54) is 24.3 Å². The Hall–Kier alpha value is -0.180. The molecule has 0 bridgehead atoms. The molecule has 1 heterocycles. The summed E-state index contributed by atoms with van der Waals surface area (Å²) in [4.78, 5) is 3.85. The third-order valence-electron chi connectivity index (χ3n) is 1.71. The highest BCUT2D eigenvalue weighted by Gasteiger charge is 2.22. The van der Waals surface area contributed by atoms with Crippen molar-refractivity contribution in [2.45, 2.75) is 12.8 Å². The molecule has 1 fully saturated rings. The summed E-state index contributed by atoms with van der Waals surface area (Å²) in [7, 11) is 0.441. The van der Waals surface area contributed by atoms with Crippen LogP contribution < -0.4 is 0 Å². The van der Waals surface area contributed by atoms with Crippen molar-refractivity contribution in [2.24, 2.45) is 4.99 Å². The molecule has 1 aliphatic rings. The first-order valence-corrected chi connectivity index (χ1v) is 6.76. The van der Waals surface area contributed by atoms with Gasteiger partial charge in [0.15, 0.2) is 10.4 Å². The summed E-state index contributed by atoms with van der Waals surface area (Å²) in [6, 6.07) is 2.08. The van der Waals surface area contributed by atoms with Gasteiger partial charge in [0, 0.05) is 10.9 Å². The van der Waals surface area contributed by atoms with Crippen LogP contribution in [-0.2, 0) is 10.9 Å². The molecule has 1 rings (SSSR count). The van der Waals surface area contributed by atoms with Crippen LogP contribution in [0, 0.1) is 5.41 Å². The normalized spacial score (nSPS) is 19.2. The van der Waals surface area contributed by atoms with Gasteiger partial charge in [-0.05, 0) is 19.1 Å². The average Bonchev–Trinajstić information content (AvgIpc) is 2.56. The van der Waals surface area contributed by atoms with Gasteiger partial charge in [0.05, 0.1) is 6.01 Å². The third kappa shape index (κ3) is 3.05. The number of hydrogen-bond donors (Lipinski definition) is 1. The first kappa shape index (κ1) is 9.90. The van der Waals surface area contributed by atoms with Crippen molar-refractivity contribution >= 4 is 28.7 Å². The fourth-order valence-electron chi connectivity index (χ4n) is 1.11. The molecule has 0 atom stereocenters. The summed E-state index contributed by atoms with van der Waals surface area (Å²) in [6.07, 6.45) is 4.71. The van der Waals surface area contributed by atoms with Gasteiger partial charge in [-0.2, -0.15) is 4.99 Å². The first-order chi connectivity index (χ1) is 5.86. The van der Waals surface area contributed by atoms with Crippen LogP contribution in [0.25, 0.3) is 0 Å². The average molecular weight is 201 g/mol. The van der Waals surface area contributed by atoms with Crippen LogP contribution in [-0.4, -0.2) is 23.8 Å². The Morgan fingerprint density at radius 3 is 2.75 bits per heavy atom. The zero-order chi connectivity index (χ0) is 8.81. The minimum absolute atomic E-state index is 0.441. The van der Waals surface area contributed by atoms with E-state index in [9.17, 15) is 0 Å². The zero-order valence-electron chi connectivity index (χ0n) is 7.17. The van der Waals surface area contributed by atoms with Crippen LogP contribution in [0.5, 0.6) is 0 Å². The van der Waals surface area contributed by atoms with Crippen molar-refractivity contribution < 1.29 is 0 Å². The molecule has 0 aromatic rings. The molecule has 1 aliphatic heterocycles. The van der Waals surface area contributed by atoms with E-state index in [-0.39, 0.29) is 0 Å². The van der Waals surface area contributed by atoms with Gasteiger partial charge < -0.3 is 0 Å². The molecule has 1 saturated heterocycles. The maximum absolute atomic E-state index is 6.74. The number of thioether (sulfide) groups is 1. The number of rotatable bonds is 3. The number of nitrogens with one attached hydrogen (secondary N) is 1. The molecule has 66 valence electrons. The lowest BCUT2D eigenvalue weighted by atomic mass is 10.4. The Labute approximate surface area is 80.4 Å². The summed E-state index contributed by atoms with van der Waals surface area (Å²) >= 11 is 1.60. The Bertz CT molecular complexity index is 213. The molecule has 0 amide bonds. The molecule has 4 heteroatoms. The minimum Gasteiger partial charge on any atom is -0.241 e. The van der Waals surface area contributed by atoms with E-state index in [0.717, 1.165) is 5.03 Å². The SMILES string of the molecule is CS/C(=C\[S+]1CCCC1)N=C=N. The van der Waals surface area contributed by atoms with Crippen molar-refractivity contribution in [1.82, 2.24) is 0 Å². The van der Waals surface area contributed by atoms with Crippen LogP contribution in [0.15, 0.2) is 15.4 Å². The zero-order valence-corrected chi connectivity index (χ0v) is 8.80. The van der Waals surface area contributed by atoms with Crippen LogP contribution >= 0.6 is 11.8 Å². The van der Waals surface area contributed by atoms with Gasteiger partial charge in [0.1, 0.15) is 11.5 Å². The molecule has 12 heavy (non-hydrogen) atoms. The van der Waals surface area contributed by atoms with Gasteiger partial charge in [0.25, 0.3) is 0 Å². The van der Waals surface area contributed by atoms with E-state index in [1.807, 2.05) is 6.26 Å². The van der Waals surface area contributed by atoms with Crippen molar-refractivity contribution in [3.63, 3.8) is 0 Å². The van der Waals surface area contributed by atoms with Gasteiger partial charge in [-0.3, -0.25) is 0 Å². The lowest BCUT2D eigenvalue weighted by Gasteiger charge is -1.93. The standard InChI is InChI=1S/C8H13N2S2/c1-11-8(10-7-9)6-12-4-2-3-5-12/h6,9H,2-5H2,1H3/q+1/b8-6-. The maximum atomic E-state index is 6.74. The highest BCUT2D eigenvalue weighted by Crippen LogP contribution is 2.20. The minimum atomic E-state index is 0.441. The number of hydrogen-bond acceptors (Lipinski definition) is 3. The van der Waals surface area contributed by atoms with E-state index in [2.05, 4.69) is 16.4 Å². The van der Waals surface area contributed by atoms with E-state index >= 15 is 0 Å². The van der Waals surface area contributed by atoms with E-state index < -0.39 is 0 Å². The lowest BCUT2D eigenvalue weighted by Crippen LogP contribution is -1.98. The second-order valence-electron chi connectivity index (χ2n) is 2.54. The topological polar surface area (TPSA) is 36.2 Å². The molecular weight excluding hydrogens is 188 g/mol. The van der Waals surface area contributed by atoms with Crippen molar-refractivity contribution in [2.75, 3.05) is 17.8 Å². The third-order valence-corrected chi connectivity index (χ3v) is 4.67. The summed E-state index contributed by atoms with van der Waals surface area (Å²) < 4.78 is 0. The van der Waals surface area contributed by atoms with Gasteiger partial charge in [0.2, 0.25) is 0 Å². The lowest BCUT2D eigenvalue weighted by molar-refractivity contribution is 0.949. The quantitative estimate of drug-likeness (QED) is 0.552. The van der Waals surface area contributed by atoms with Crippen LogP contribution in [0.1, 0.15) is 12.8 Å². The van der Waals surface area contributed by atoms with Crippen LogP contribution in [0.4, 0.5) is 0 Å². The van der Waals surface area contributed by atoms with E-state index in [0.29, 0.717) is 10.9 Å². The van der Waals surface area contributed by atoms with Crippen LogP contribution in [0.2, 0.25) is 0 Å². The highest BCUT2D eigenvalue weighted by molar-refractivity contribution is 8.04. The monoisotopic (exact) mass is 201 g/mol. The number of aliphatic imine (C=N–C) groups is 1. The van der Waals surface area contributed by atoms with Crippen molar-refractivity contribution in [1.29, 1.82) is 5.41 Å². The summed E-state index contributed by atoms with van der Waals surface area (Å²) in [6.45, 7) is 0. The second-order valence-corrected chi connectivity index (χ2v) is 5.49. The predicted molar refractivity (Wildman–Crippen MR) is 58.1 cm³/mol.